The van der Waals surface area contributed by atoms with Crippen molar-refractivity contribution in [3.05, 3.63) is 78.6 Å². The van der Waals surface area contributed by atoms with Gasteiger partial charge in [0, 0.05) is 49.0 Å². The van der Waals surface area contributed by atoms with Crippen LogP contribution in [-0.4, -0.2) is 36.0 Å². The van der Waals surface area contributed by atoms with Crippen molar-refractivity contribution in [2.45, 2.75) is 19.4 Å². The number of anilines is 3. The Balaban J connectivity index is 1.23. The second-order valence-corrected chi connectivity index (χ2v) is 7.72. The quantitative estimate of drug-likeness (QED) is 0.477. The van der Waals surface area contributed by atoms with Gasteiger partial charge in [0.25, 0.3) is 5.91 Å². The van der Waals surface area contributed by atoms with Crippen molar-refractivity contribution >= 4 is 34.9 Å². The second-order valence-electron chi connectivity index (χ2n) is 7.72. The highest BCUT2D eigenvalue weighted by Gasteiger charge is 2.21. The van der Waals surface area contributed by atoms with E-state index < -0.39 is 0 Å². The van der Waals surface area contributed by atoms with Crippen LogP contribution in [0.15, 0.2) is 73.1 Å². The van der Waals surface area contributed by atoms with Gasteiger partial charge in [0.2, 0.25) is 5.91 Å². The van der Waals surface area contributed by atoms with Gasteiger partial charge in [-0.15, -0.1) is 0 Å². The van der Waals surface area contributed by atoms with Gasteiger partial charge in [-0.3, -0.25) is 14.6 Å². The van der Waals surface area contributed by atoms with Gasteiger partial charge < -0.3 is 25.6 Å². The predicted octanol–water partition coefficient (Wildman–Crippen LogP) is 3.55. The minimum atomic E-state index is -0.359. The van der Waals surface area contributed by atoms with Gasteiger partial charge in [-0.25, -0.2) is 4.79 Å². The van der Waals surface area contributed by atoms with Crippen LogP contribution in [0.4, 0.5) is 21.9 Å². The summed E-state index contributed by atoms with van der Waals surface area (Å²) in [6.07, 6.45) is 4.77. The Labute approximate surface area is 197 Å². The molecule has 1 saturated heterocycles. The molecule has 4 rings (SSSR count). The van der Waals surface area contributed by atoms with E-state index in [9.17, 15) is 14.4 Å². The third-order valence-electron chi connectivity index (χ3n) is 5.20. The van der Waals surface area contributed by atoms with Crippen LogP contribution >= 0.6 is 0 Å². The number of carbonyl (C=O) groups is 3. The molecule has 1 aromatic heterocycles. The number of pyridine rings is 1. The van der Waals surface area contributed by atoms with Crippen LogP contribution in [0.1, 0.15) is 18.4 Å². The average molecular weight is 460 g/mol. The smallest absolute Gasteiger partial charge is 0.319 e. The fraction of sp³-hybridized carbons (Fsp3) is 0.200. The van der Waals surface area contributed by atoms with Crippen molar-refractivity contribution in [3.63, 3.8) is 0 Å². The lowest BCUT2D eigenvalue weighted by atomic mass is 10.2. The van der Waals surface area contributed by atoms with Crippen LogP contribution < -0.4 is 25.6 Å². The van der Waals surface area contributed by atoms with E-state index in [4.69, 9.17) is 4.74 Å². The Morgan fingerprint density at radius 1 is 0.971 bits per heavy atom. The van der Waals surface area contributed by atoms with Crippen molar-refractivity contribution in [2.75, 3.05) is 28.7 Å². The van der Waals surface area contributed by atoms with Crippen molar-refractivity contribution in [2.24, 2.45) is 0 Å². The maximum absolute atomic E-state index is 12.3. The Bertz CT molecular complexity index is 1150. The highest BCUT2D eigenvalue weighted by molar-refractivity contribution is 5.95. The molecule has 9 heteroatoms. The van der Waals surface area contributed by atoms with Crippen LogP contribution in [0.25, 0.3) is 0 Å². The summed E-state index contributed by atoms with van der Waals surface area (Å²) in [5, 5.41) is 8.25. The van der Waals surface area contributed by atoms with E-state index in [1.165, 1.54) is 0 Å². The molecule has 2 heterocycles. The van der Waals surface area contributed by atoms with Crippen molar-refractivity contribution in [3.8, 4) is 5.75 Å². The normalized spacial score (nSPS) is 12.8. The summed E-state index contributed by atoms with van der Waals surface area (Å²) in [7, 11) is 0. The molecule has 0 radical (unpaired) electrons. The molecule has 1 aliphatic rings. The molecule has 0 bridgehead atoms. The fourth-order valence-electron chi connectivity index (χ4n) is 3.52. The topological polar surface area (TPSA) is 113 Å². The first-order chi connectivity index (χ1) is 16.6. The molecule has 3 aromatic rings. The number of nitrogens with one attached hydrogen (secondary N) is 3. The summed E-state index contributed by atoms with van der Waals surface area (Å²) >= 11 is 0. The van der Waals surface area contributed by atoms with Gasteiger partial charge >= 0.3 is 6.03 Å². The average Bonchev–Trinajstić information content (AvgIpc) is 3.28. The number of rotatable bonds is 8. The molecular weight excluding hydrogens is 434 g/mol. The van der Waals surface area contributed by atoms with Gasteiger partial charge in [0.05, 0.1) is 0 Å². The van der Waals surface area contributed by atoms with Gasteiger partial charge in [-0.05, 0) is 66.6 Å². The van der Waals surface area contributed by atoms with E-state index in [0.29, 0.717) is 30.1 Å². The number of carbonyl (C=O) groups excluding carboxylic acids is 3. The fourth-order valence-corrected chi connectivity index (χ4v) is 3.52. The first-order valence-electron chi connectivity index (χ1n) is 10.9. The number of aromatic nitrogens is 1. The van der Waals surface area contributed by atoms with Gasteiger partial charge in [-0.2, -0.15) is 0 Å². The molecule has 174 valence electrons. The van der Waals surface area contributed by atoms with Gasteiger partial charge in [-0.1, -0.05) is 6.07 Å². The van der Waals surface area contributed by atoms with Crippen molar-refractivity contribution in [1.29, 1.82) is 0 Å². The maximum Gasteiger partial charge on any atom is 0.319 e. The van der Waals surface area contributed by atoms with E-state index in [-0.39, 0.29) is 24.5 Å². The zero-order valence-electron chi connectivity index (χ0n) is 18.5. The molecular formula is C25H25N5O4. The van der Waals surface area contributed by atoms with Gasteiger partial charge in [0.15, 0.2) is 6.61 Å². The first kappa shape index (κ1) is 22.8. The van der Waals surface area contributed by atoms with E-state index >= 15 is 0 Å². The largest absolute Gasteiger partial charge is 0.484 e. The molecule has 0 atom stereocenters. The molecule has 2 aromatic carbocycles. The van der Waals surface area contributed by atoms with E-state index in [2.05, 4.69) is 20.9 Å². The molecule has 1 fully saturated rings. The summed E-state index contributed by atoms with van der Waals surface area (Å²) in [6, 6.07) is 17.2. The number of hydrogen-bond acceptors (Lipinski definition) is 5. The summed E-state index contributed by atoms with van der Waals surface area (Å²) in [4.78, 5) is 42.0. The predicted molar refractivity (Wildman–Crippen MR) is 129 cm³/mol. The highest BCUT2D eigenvalue weighted by Crippen LogP contribution is 2.24. The van der Waals surface area contributed by atoms with Crippen LogP contribution in [-0.2, 0) is 16.1 Å². The van der Waals surface area contributed by atoms with E-state index in [0.717, 1.165) is 24.2 Å². The van der Waals surface area contributed by atoms with Crippen molar-refractivity contribution < 1.29 is 19.1 Å². The zero-order chi connectivity index (χ0) is 23.8. The highest BCUT2D eigenvalue weighted by atomic mass is 16.5. The lowest BCUT2D eigenvalue weighted by molar-refractivity contribution is -0.118. The number of nitrogens with zero attached hydrogens (tertiary/aromatic N) is 2. The van der Waals surface area contributed by atoms with Crippen molar-refractivity contribution in [1.82, 2.24) is 10.3 Å². The van der Waals surface area contributed by atoms with Crippen LogP contribution in [0, 0.1) is 0 Å². The van der Waals surface area contributed by atoms with Gasteiger partial charge in [0.1, 0.15) is 5.75 Å². The number of amides is 4. The Hall–Kier alpha value is -4.40. The van der Waals surface area contributed by atoms with Crippen LogP contribution in [0.2, 0.25) is 0 Å². The summed E-state index contributed by atoms with van der Waals surface area (Å²) < 4.78 is 5.55. The molecule has 0 spiro atoms. The minimum absolute atomic E-state index is 0.121. The van der Waals surface area contributed by atoms with E-state index in [1.807, 2.05) is 24.3 Å². The Morgan fingerprint density at radius 3 is 2.41 bits per heavy atom. The summed E-state index contributed by atoms with van der Waals surface area (Å²) in [5.41, 5.74) is 2.83. The summed E-state index contributed by atoms with van der Waals surface area (Å²) in [6.45, 7) is 0.922. The molecule has 34 heavy (non-hydrogen) atoms. The van der Waals surface area contributed by atoms with E-state index in [1.54, 1.807) is 53.7 Å². The third-order valence-corrected chi connectivity index (χ3v) is 5.20. The zero-order valence-corrected chi connectivity index (χ0v) is 18.5. The standard InChI is InChI=1S/C25H25N5O4/c31-23(17-34-22-8-6-21(7-9-22)30-14-2-5-24(30)32)28-19-3-1-4-20(15-19)29-25(33)27-16-18-10-12-26-13-11-18/h1,3-4,6-13,15H,2,5,14,16-17H2,(H,28,31)(H2,27,29,33). The molecule has 1 aliphatic heterocycles. The number of hydrogen-bond donors (Lipinski definition) is 3. The first-order valence-corrected chi connectivity index (χ1v) is 10.9. The lowest BCUT2D eigenvalue weighted by Gasteiger charge is -2.16. The third kappa shape index (κ3) is 6.32. The lowest BCUT2D eigenvalue weighted by Crippen LogP contribution is -2.28. The van der Waals surface area contributed by atoms with Crippen LogP contribution in [0.3, 0.4) is 0 Å². The molecule has 0 saturated carbocycles. The van der Waals surface area contributed by atoms with Crippen LogP contribution in [0.5, 0.6) is 5.75 Å². The SMILES string of the molecule is O=C(COc1ccc(N2CCCC2=O)cc1)Nc1cccc(NC(=O)NCc2ccncc2)c1. The molecule has 0 aliphatic carbocycles. The Kier molecular flexibility index (Phi) is 7.34. The molecule has 0 unspecified atom stereocenters. The molecule has 3 N–H and O–H groups in total. The molecule has 9 nitrogen and oxygen atoms in total. The summed E-state index contributed by atoms with van der Waals surface area (Å²) in [5.74, 6) is 0.320. The maximum atomic E-state index is 12.3. The Morgan fingerprint density at radius 2 is 1.71 bits per heavy atom. The minimum Gasteiger partial charge on any atom is -0.484 e. The molecule has 4 amide bonds. The number of benzene rings is 2. The number of urea groups is 1. The number of ether oxygens (including phenoxy) is 1. The monoisotopic (exact) mass is 459 g/mol. The second kappa shape index (κ2) is 11.0.